The van der Waals surface area contributed by atoms with Crippen LogP contribution in [-0.2, 0) is 0 Å². The first-order valence-electron chi connectivity index (χ1n) is 8.54. The summed E-state index contributed by atoms with van der Waals surface area (Å²) in [6.45, 7) is 9.22. The Morgan fingerprint density at radius 2 is 1.08 bits per heavy atom. The first kappa shape index (κ1) is 20.4. The van der Waals surface area contributed by atoms with Gasteiger partial charge in [-0.2, -0.15) is 0 Å². The van der Waals surface area contributed by atoms with Crippen molar-refractivity contribution in [2.75, 3.05) is 0 Å². The maximum Gasteiger partial charge on any atom is 0.0125 e. The van der Waals surface area contributed by atoms with Crippen molar-refractivity contribution in [3.05, 3.63) is 134 Å². The quantitative estimate of drug-likeness (QED) is 0.483. The van der Waals surface area contributed by atoms with Gasteiger partial charge in [-0.1, -0.05) is 123 Å². The zero-order valence-corrected chi connectivity index (χ0v) is 15.0. The average Bonchev–Trinajstić information content (AvgIpc) is 2.65. The van der Waals surface area contributed by atoms with Crippen LogP contribution in [0.15, 0.2) is 97.1 Å². The van der Waals surface area contributed by atoms with Crippen LogP contribution in [0, 0.1) is 20.3 Å². The molecule has 0 unspecified atom stereocenters. The van der Waals surface area contributed by atoms with Crippen LogP contribution in [0.3, 0.4) is 0 Å². The van der Waals surface area contributed by atoms with Gasteiger partial charge in [0, 0.05) is 6.42 Å². The molecule has 0 nitrogen and oxygen atoms in total. The summed E-state index contributed by atoms with van der Waals surface area (Å²) < 4.78 is 0. The van der Waals surface area contributed by atoms with Crippen LogP contribution < -0.4 is 0 Å². The van der Waals surface area contributed by atoms with E-state index in [9.17, 15) is 0 Å². The molecule has 127 valence electrons. The van der Waals surface area contributed by atoms with E-state index in [1.807, 2.05) is 73.7 Å². The summed E-state index contributed by atoms with van der Waals surface area (Å²) in [7, 11) is 0. The molecular weight excluding hydrogens is 300 g/mol. The van der Waals surface area contributed by atoms with Gasteiger partial charge in [0.15, 0.2) is 0 Å². The lowest BCUT2D eigenvalue weighted by Gasteiger charge is -1.94. The Morgan fingerprint density at radius 1 is 0.680 bits per heavy atom. The number of allylic oxidation sites excluding steroid dienone is 1. The Kier molecular flexibility index (Phi) is 11.3. The van der Waals surface area contributed by atoms with Gasteiger partial charge >= 0.3 is 0 Å². The summed E-state index contributed by atoms with van der Waals surface area (Å²) in [4.78, 5) is 0. The van der Waals surface area contributed by atoms with Gasteiger partial charge in [-0.3, -0.25) is 0 Å². The zero-order chi connectivity index (χ0) is 18.2. The second-order valence-electron chi connectivity index (χ2n) is 5.33. The first-order chi connectivity index (χ1) is 12.3. The molecule has 0 bridgehead atoms. The third-order valence-electron chi connectivity index (χ3n) is 3.02. The normalized spacial score (nSPS) is 9.56. The molecule has 25 heavy (non-hydrogen) atoms. The molecule has 0 aliphatic rings. The average molecular weight is 327 g/mol. The summed E-state index contributed by atoms with van der Waals surface area (Å²) >= 11 is 0. The minimum absolute atomic E-state index is 1.00. The monoisotopic (exact) mass is 327 g/mol. The second-order valence-corrected chi connectivity index (χ2v) is 5.33. The van der Waals surface area contributed by atoms with Gasteiger partial charge in [-0.05, 0) is 23.6 Å². The summed E-state index contributed by atoms with van der Waals surface area (Å²) in [5.74, 6) is 0. The second kappa shape index (κ2) is 13.8. The van der Waals surface area contributed by atoms with E-state index in [1.165, 1.54) is 11.1 Å². The van der Waals surface area contributed by atoms with Crippen LogP contribution in [-0.4, -0.2) is 0 Å². The molecule has 3 rings (SSSR count). The van der Waals surface area contributed by atoms with E-state index in [0.29, 0.717) is 0 Å². The van der Waals surface area contributed by atoms with E-state index in [4.69, 9.17) is 0 Å². The number of rotatable bonds is 3. The predicted molar refractivity (Wildman–Crippen MR) is 112 cm³/mol. The molecule has 0 aliphatic carbocycles. The van der Waals surface area contributed by atoms with Crippen molar-refractivity contribution >= 4 is 6.08 Å². The van der Waals surface area contributed by atoms with Crippen molar-refractivity contribution < 1.29 is 0 Å². The fourth-order valence-electron chi connectivity index (χ4n) is 1.88. The van der Waals surface area contributed by atoms with Gasteiger partial charge in [0.05, 0.1) is 0 Å². The first-order valence-corrected chi connectivity index (χ1v) is 8.54. The van der Waals surface area contributed by atoms with E-state index in [2.05, 4.69) is 56.7 Å². The van der Waals surface area contributed by atoms with Crippen LogP contribution in [0.5, 0.6) is 0 Å². The highest BCUT2D eigenvalue weighted by atomic mass is 13.9. The third-order valence-corrected chi connectivity index (χ3v) is 3.02. The molecule has 0 heteroatoms. The molecule has 0 saturated carbocycles. The maximum absolute atomic E-state index is 3.72. The lowest BCUT2D eigenvalue weighted by molar-refractivity contribution is 1.23. The number of hydrogen-bond donors (Lipinski definition) is 0. The minimum Gasteiger partial charge on any atom is -0.0755 e. The highest BCUT2D eigenvalue weighted by Crippen LogP contribution is 2.06. The molecular formula is C25H27. The van der Waals surface area contributed by atoms with E-state index in [1.54, 1.807) is 0 Å². The van der Waals surface area contributed by atoms with E-state index >= 15 is 0 Å². The van der Waals surface area contributed by atoms with Gasteiger partial charge < -0.3 is 0 Å². The highest BCUT2D eigenvalue weighted by molar-refractivity contribution is 5.51. The Labute approximate surface area is 153 Å². The smallest absolute Gasteiger partial charge is 0.0125 e. The van der Waals surface area contributed by atoms with Crippen LogP contribution in [0.2, 0.25) is 0 Å². The van der Waals surface area contributed by atoms with Crippen molar-refractivity contribution in [2.24, 2.45) is 0 Å². The lowest BCUT2D eigenvalue weighted by Crippen LogP contribution is -1.75. The number of benzene rings is 3. The Balaban J connectivity index is 0.000000260. The van der Waals surface area contributed by atoms with Crippen molar-refractivity contribution in [3.8, 4) is 0 Å². The SMILES string of the molecule is [CH2]CC.[CH2]c1ccccc1.[CH](/C=C\c1ccccc1)c1ccccc1. The fraction of sp³-hybridized carbons (Fsp3) is 0.0800. The predicted octanol–water partition coefficient (Wildman–Crippen LogP) is 7.05. The van der Waals surface area contributed by atoms with Crippen molar-refractivity contribution in [2.45, 2.75) is 13.3 Å². The van der Waals surface area contributed by atoms with Gasteiger partial charge in [-0.15, -0.1) is 0 Å². The molecule has 0 N–H and O–H groups in total. The largest absolute Gasteiger partial charge is 0.0755 e. The van der Waals surface area contributed by atoms with Gasteiger partial charge in [0.25, 0.3) is 0 Å². The maximum atomic E-state index is 3.72. The van der Waals surface area contributed by atoms with E-state index in [0.717, 1.165) is 12.0 Å². The summed E-state index contributed by atoms with van der Waals surface area (Å²) in [6, 6.07) is 30.5. The molecule has 3 radical (unpaired) electrons. The van der Waals surface area contributed by atoms with Crippen LogP contribution in [0.4, 0.5) is 0 Å². The molecule has 0 saturated heterocycles. The molecule has 0 fully saturated rings. The molecule has 3 aromatic rings. The van der Waals surface area contributed by atoms with Crippen molar-refractivity contribution in [1.82, 2.24) is 0 Å². The van der Waals surface area contributed by atoms with Gasteiger partial charge in [-0.25, -0.2) is 0 Å². The zero-order valence-electron chi connectivity index (χ0n) is 15.0. The summed E-state index contributed by atoms with van der Waals surface area (Å²) in [5, 5.41) is 0. The highest BCUT2D eigenvalue weighted by Gasteiger charge is 1.87. The molecule has 0 amide bonds. The van der Waals surface area contributed by atoms with E-state index < -0.39 is 0 Å². The van der Waals surface area contributed by atoms with Crippen molar-refractivity contribution in [3.63, 3.8) is 0 Å². The van der Waals surface area contributed by atoms with Gasteiger partial charge in [0.2, 0.25) is 0 Å². The molecule has 0 aliphatic heterocycles. The van der Waals surface area contributed by atoms with Gasteiger partial charge in [0.1, 0.15) is 0 Å². The third kappa shape index (κ3) is 10.7. The molecule has 0 heterocycles. The molecule has 3 aromatic carbocycles. The van der Waals surface area contributed by atoms with Crippen molar-refractivity contribution in [1.29, 1.82) is 0 Å². The van der Waals surface area contributed by atoms with Crippen LogP contribution >= 0.6 is 0 Å². The standard InChI is InChI=1S/C15H13.C7H7.C3H7/c1-3-8-14(9-4-1)12-7-13-15-10-5-2-6-11-15;1-7-5-3-2-4-6-7;1-3-2/h1-13H;2-6H,1H2;1,3H2,2H3/b12-7-;;. The Bertz CT molecular complexity index is 667. The van der Waals surface area contributed by atoms with Crippen LogP contribution in [0.1, 0.15) is 30.0 Å². The summed E-state index contributed by atoms with van der Waals surface area (Å²) in [5.41, 5.74) is 3.52. The Hall–Kier alpha value is -2.60. The minimum atomic E-state index is 1.00. The number of hydrogen-bond acceptors (Lipinski definition) is 0. The topological polar surface area (TPSA) is 0 Å². The molecule has 0 spiro atoms. The fourth-order valence-corrected chi connectivity index (χ4v) is 1.88. The Morgan fingerprint density at radius 3 is 1.48 bits per heavy atom. The lowest BCUT2D eigenvalue weighted by atomic mass is 10.1. The summed E-state index contributed by atoms with van der Waals surface area (Å²) in [6.07, 6.45) is 7.28. The van der Waals surface area contributed by atoms with Crippen LogP contribution in [0.25, 0.3) is 6.08 Å². The molecule has 0 atom stereocenters. The van der Waals surface area contributed by atoms with E-state index in [-0.39, 0.29) is 0 Å². The molecule has 0 aromatic heterocycles.